The lowest BCUT2D eigenvalue weighted by Gasteiger charge is -2.39. The van der Waals surface area contributed by atoms with Crippen LogP contribution in [0.3, 0.4) is 0 Å². The molecule has 2 bridgehead atoms. The average molecular weight is 308 g/mol. The SMILES string of the molecule is O=C(O)C1CC2C3C=CC(C3)C2CC1C(=O)OCCCCO. The molecule has 5 nitrogen and oxygen atoms in total. The molecule has 0 aromatic carbocycles. The normalized spacial score (nSPS) is 38.8. The standard InChI is InChI=1S/C17H24O5/c18-5-1-2-6-22-17(21)15-9-13-11-4-3-10(7-11)12(13)8-14(15)16(19)20/h3-4,10-15,18H,1-2,5-9H2,(H,19,20). The van der Waals surface area contributed by atoms with Crippen LogP contribution in [0.5, 0.6) is 0 Å². The van der Waals surface area contributed by atoms with Gasteiger partial charge >= 0.3 is 11.9 Å². The summed E-state index contributed by atoms with van der Waals surface area (Å²) in [4.78, 5) is 23.9. The number of aliphatic hydroxyl groups is 1. The largest absolute Gasteiger partial charge is 0.481 e. The first-order valence-corrected chi connectivity index (χ1v) is 8.30. The van der Waals surface area contributed by atoms with Crippen LogP contribution in [-0.2, 0) is 14.3 Å². The van der Waals surface area contributed by atoms with Crippen LogP contribution in [0, 0.1) is 35.5 Å². The van der Waals surface area contributed by atoms with Crippen LogP contribution in [0.4, 0.5) is 0 Å². The van der Waals surface area contributed by atoms with E-state index in [0.717, 1.165) is 6.42 Å². The summed E-state index contributed by atoms with van der Waals surface area (Å²) < 4.78 is 5.26. The first kappa shape index (κ1) is 15.5. The van der Waals surface area contributed by atoms with Crippen LogP contribution in [0.15, 0.2) is 12.2 Å². The molecule has 6 unspecified atom stereocenters. The first-order valence-electron chi connectivity index (χ1n) is 8.30. The molecule has 22 heavy (non-hydrogen) atoms. The molecule has 122 valence electrons. The molecule has 0 aromatic heterocycles. The van der Waals surface area contributed by atoms with Crippen molar-refractivity contribution in [2.75, 3.05) is 13.2 Å². The Balaban J connectivity index is 1.65. The molecule has 6 atom stereocenters. The third kappa shape index (κ3) is 2.78. The quantitative estimate of drug-likeness (QED) is 0.444. The maximum Gasteiger partial charge on any atom is 0.309 e. The number of rotatable bonds is 6. The van der Waals surface area contributed by atoms with Gasteiger partial charge in [0.25, 0.3) is 0 Å². The lowest BCUT2D eigenvalue weighted by atomic mass is 9.65. The van der Waals surface area contributed by atoms with Crippen molar-refractivity contribution in [2.24, 2.45) is 35.5 Å². The molecule has 0 amide bonds. The highest BCUT2D eigenvalue weighted by Crippen LogP contribution is 2.56. The van der Waals surface area contributed by atoms with Gasteiger partial charge in [-0.3, -0.25) is 9.59 Å². The Kier molecular flexibility index (Phi) is 4.52. The summed E-state index contributed by atoms with van der Waals surface area (Å²) in [6.07, 6.45) is 8.06. The zero-order chi connectivity index (χ0) is 15.7. The summed E-state index contributed by atoms with van der Waals surface area (Å²) in [5, 5.41) is 18.2. The molecule has 3 aliphatic carbocycles. The number of carboxylic acid groups (broad SMARTS) is 1. The van der Waals surface area contributed by atoms with Gasteiger partial charge in [0.15, 0.2) is 0 Å². The van der Waals surface area contributed by atoms with Gasteiger partial charge in [-0.1, -0.05) is 12.2 Å². The first-order chi connectivity index (χ1) is 10.6. The monoisotopic (exact) mass is 308 g/mol. The van der Waals surface area contributed by atoms with Crippen LogP contribution >= 0.6 is 0 Å². The fourth-order valence-corrected chi connectivity index (χ4v) is 4.67. The highest BCUT2D eigenvalue weighted by atomic mass is 16.5. The van der Waals surface area contributed by atoms with Crippen molar-refractivity contribution in [1.82, 2.24) is 0 Å². The molecule has 0 spiro atoms. The molecular formula is C17H24O5. The number of aliphatic hydroxyl groups excluding tert-OH is 1. The Bertz CT molecular complexity index is 472. The number of aliphatic carboxylic acids is 1. The number of allylic oxidation sites excluding steroid dienone is 2. The minimum absolute atomic E-state index is 0.0812. The molecule has 0 heterocycles. The zero-order valence-corrected chi connectivity index (χ0v) is 12.7. The number of carboxylic acids is 1. The molecule has 2 N–H and O–H groups in total. The smallest absolute Gasteiger partial charge is 0.309 e. The Labute approximate surface area is 130 Å². The van der Waals surface area contributed by atoms with Gasteiger partial charge in [-0.15, -0.1) is 0 Å². The number of carbonyl (C=O) groups excluding carboxylic acids is 1. The van der Waals surface area contributed by atoms with Crippen molar-refractivity contribution < 1.29 is 24.5 Å². The third-order valence-corrected chi connectivity index (χ3v) is 5.75. The van der Waals surface area contributed by atoms with Crippen LogP contribution < -0.4 is 0 Å². The van der Waals surface area contributed by atoms with Crippen molar-refractivity contribution in [3.8, 4) is 0 Å². The molecule has 0 aromatic rings. The Morgan fingerprint density at radius 3 is 2.23 bits per heavy atom. The second-order valence-electron chi connectivity index (χ2n) is 6.90. The molecule has 0 saturated heterocycles. The second kappa shape index (κ2) is 6.41. The van der Waals surface area contributed by atoms with Gasteiger partial charge < -0.3 is 14.9 Å². The lowest BCUT2D eigenvalue weighted by Crippen LogP contribution is -2.41. The Morgan fingerprint density at radius 2 is 1.64 bits per heavy atom. The minimum Gasteiger partial charge on any atom is -0.481 e. The number of hydrogen-bond donors (Lipinski definition) is 2. The van der Waals surface area contributed by atoms with E-state index in [1.54, 1.807) is 0 Å². The summed E-state index contributed by atoms with van der Waals surface area (Å²) in [6, 6.07) is 0. The summed E-state index contributed by atoms with van der Waals surface area (Å²) in [5.74, 6) is -0.457. The van der Waals surface area contributed by atoms with Gasteiger partial charge in [-0.25, -0.2) is 0 Å². The van der Waals surface area contributed by atoms with Crippen LogP contribution in [-0.4, -0.2) is 35.4 Å². The van der Waals surface area contributed by atoms with Crippen LogP contribution in [0.1, 0.15) is 32.1 Å². The fourth-order valence-electron chi connectivity index (χ4n) is 4.67. The second-order valence-corrected chi connectivity index (χ2v) is 6.90. The van der Waals surface area contributed by atoms with Gasteiger partial charge in [-0.2, -0.15) is 0 Å². The maximum absolute atomic E-state index is 12.3. The molecule has 5 heteroatoms. The fraction of sp³-hybridized carbons (Fsp3) is 0.765. The number of ether oxygens (including phenoxy) is 1. The van der Waals surface area contributed by atoms with Crippen molar-refractivity contribution in [3.63, 3.8) is 0 Å². The molecule has 0 radical (unpaired) electrons. The van der Waals surface area contributed by atoms with Crippen molar-refractivity contribution in [2.45, 2.75) is 32.1 Å². The summed E-state index contributed by atoms with van der Waals surface area (Å²) in [6.45, 7) is 0.347. The van der Waals surface area contributed by atoms with E-state index >= 15 is 0 Å². The van der Waals surface area contributed by atoms with Gasteiger partial charge in [0.1, 0.15) is 0 Å². The number of unbranched alkanes of at least 4 members (excludes halogenated alkanes) is 1. The van der Waals surface area contributed by atoms with Crippen molar-refractivity contribution in [3.05, 3.63) is 12.2 Å². The molecule has 0 aliphatic heterocycles. The van der Waals surface area contributed by atoms with Gasteiger partial charge in [0.2, 0.25) is 0 Å². The minimum atomic E-state index is -0.873. The number of esters is 1. The molecule has 3 aliphatic rings. The highest BCUT2D eigenvalue weighted by Gasteiger charge is 2.53. The van der Waals surface area contributed by atoms with Gasteiger partial charge in [0, 0.05) is 6.61 Å². The van der Waals surface area contributed by atoms with Gasteiger partial charge in [-0.05, 0) is 55.8 Å². The van der Waals surface area contributed by atoms with E-state index in [2.05, 4.69) is 12.2 Å². The number of hydrogen-bond acceptors (Lipinski definition) is 4. The summed E-state index contributed by atoms with van der Waals surface area (Å²) >= 11 is 0. The number of carbonyl (C=O) groups is 2. The Morgan fingerprint density at radius 1 is 1.00 bits per heavy atom. The molecule has 3 rings (SSSR count). The lowest BCUT2D eigenvalue weighted by molar-refractivity contribution is -0.162. The molecule has 2 fully saturated rings. The van der Waals surface area contributed by atoms with E-state index in [1.807, 2.05) is 0 Å². The van der Waals surface area contributed by atoms with Crippen LogP contribution in [0.25, 0.3) is 0 Å². The third-order valence-electron chi connectivity index (χ3n) is 5.75. The predicted molar refractivity (Wildman–Crippen MR) is 78.8 cm³/mol. The van der Waals surface area contributed by atoms with Crippen LogP contribution in [0.2, 0.25) is 0 Å². The Hall–Kier alpha value is -1.36. The van der Waals surface area contributed by atoms with Gasteiger partial charge in [0.05, 0.1) is 18.4 Å². The molecule has 2 saturated carbocycles. The van der Waals surface area contributed by atoms with E-state index in [0.29, 0.717) is 49.4 Å². The molecular weight excluding hydrogens is 284 g/mol. The average Bonchev–Trinajstić information content (AvgIpc) is 3.12. The highest BCUT2D eigenvalue weighted by molar-refractivity contribution is 5.81. The topological polar surface area (TPSA) is 83.8 Å². The maximum atomic E-state index is 12.3. The summed E-state index contributed by atoms with van der Waals surface area (Å²) in [7, 11) is 0. The van der Waals surface area contributed by atoms with Crippen molar-refractivity contribution >= 4 is 11.9 Å². The van der Waals surface area contributed by atoms with E-state index in [-0.39, 0.29) is 19.2 Å². The van der Waals surface area contributed by atoms with E-state index in [1.165, 1.54) is 0 Å². The van der Waals surface area contributed by atoms with Crippen molar-refractivity contribution in [1.29, 1.82) is 0 Å². The zero-order valence-electron chi connectivity index (χ0n) is 12.7. The van der Waals surface area contributed by atoms with E-state index < -0.39 is 17.8 Å². The van der Waals surface area contributed by atoms with E-state index in [4.69, 9.17) is 9.84 Å². The number of fused-ring (bicyclic) bond motifs is 5. The van der Waals surface area contributed by atoms with E-state index in [9.17, 15) is 14.7 Å². The predicted octanol–water partition coefficient (Wildman–Crippen LogP) is 1.85. The summed E-state index contributed by atoms with van der Waals surface area (Å²) in [5.41, 5.74) is 0.